The first kappa shape index (κ1) is 20.4. The molecule has 2 aliphatic heterocycles. The maximum Gasteiger partial charge on any atom is 0.330 e. The minimum absolute atomic E-state index is 0.0410. The van der Waals surface area contributed by atoms with Crippen molar-refractivity contribution in [2.75, 3.05) is 29.7 Å². The van der Waals surface area contributed by atoms with Crippen LogP contribution in [0.4, 0.5) is 11.6 Å². The molecule has 5 rings (SSSR count). The molecular formula is C22H29N5O3S. The lowest BCUT2D eigenvalue weighted by molar-refractivity contribution is 0.356. The number of aryl methyl sites for hydroxylation is 2. The molecule has 2 N–H and O–H groups in total. The molecule has 2 atom stereocenters. The second-order valence-electron chi connectivity index (χ2n) is 8.83. The van der Waals surface area contributed by atoms with Crippen molar-refractivity contribution in [3.8, 4) is 5.75 Å². The fourth-order valence-electron chi connectivity index (χ4n) is 4.63. The Bertz CT molecular complexity index is 1220. The van der Waals surface area contributed by atoms with Gasteiger partial charge in [-0.3, -0.25) is 9.13 Å². The quantitative estimate of drug-likeness (QED) is 0.640. The van der Waals surface area contributed by atoms with Gasteiger partial charge in [0.25, 0.3) is 0 Å². The zero-order chi connectivity index (χ0) is 21.8. The number of hydrogen-bond acceptors (Lipinski definition) is 6. The third-order valence-electron chi connectivity index (χ3n) is 6.49. The summed E-state index contributed by atoms with van der Waals surface area (Å²) in [5.74, 6) is 3.02. The molecule has 2 unspecified atom stereocenters. The molecule has 2 aromatic heterocycles. The van der Waals surface area contributed by atoms with Gasteiger partial charge in [-0.15, -0.1) is 10.3 Å². The van der Waals surface area contributed by atoms with E-state index in [-0.39, 0.29) is 11.7 Å². The molecule has 0 bridgehead atoms. The second-order valence-corrected chi connectivity index (χ2v) is 12.1. The van der Waals surface area contributed by atoms with Crippen LogP contribution in [0.5, 0.6) is 5.75 Å². The average molecular weight is 444 g/mol. The number of fused-ring (bicyclic) bond motifs is 2. The molecule has 2 aliphatic rings. The van der Waals surface area contributed by atoms with E-state index < -0.39 is 10.3 Å². The predicted octanol–water partition coefficient (Wildman–Crippen LogP) is 3.75. The summed E-state index contributed by atoms with van der Waals surface area (Å²) in [6.07, 6.45) is 7.16. The minimum Gasteiger partial charge on any atom is -0.493 e. The van der Waals surface area contributed by atoms with Gasteiger partial charge < -0.3 is 14.6 Å². The van der Waals surface area contributed by atoms with E-state index in [1.807, 2.05) is 23.8 Å². The smallest absolute Gasteiger partial charge is 0.330 e. The highest BCUT2D eigenvalue weighted by atomic mass is 32.3. The van der Waals surface area contributed by atoms with Gasteiger partial charge in [0, 0.05) is 31.0 Å². The van der Waals surface area contributed by atoms with Crippen molar-refractivity contribution >= 4 is 33.1 Å². The van der Waals surface area contributed by atoms with Crippen molar-refractivity contribution in [3.63, 3.8) is 0 Å². The van der Waals surface area contributed by atoms with Gasteiger partial charge in [0.2, 0.25) is 5.95 Å². The topological polar surface area (TPSA) is 94.2 Å². The van der Waals surface area contributed by atoms with Gasteiger partial charge in [-0.2, -0.15) is 4.98 Å². The molecule has 0 radical (unpaired) electrons. The van der Waals surface area contributed by atoms with E-state index in [0.717, 1.165) is 59.7 Å². The summed E-state index contributed by atoms with van der Waals surface area (Å²) in [4.78, 5) is 22.3. The van der Waals surface area contributed by atoms with E-state index in [1.54, 1.807) is 17.8 Å². The molecule has 8 nitrogen and oxygen atoms in total. The number of benzene rings is 1. The van der Waals surface area contributed by atoms with E-state index >= 15 is 0 Å². The SMILES string of the molecule is Cc1cc2c(cc1Nc1ncc3c(n1)n(C1CCCS(C)(O)CC1)c(=O)n3C)CCO2. The van der Waals surface area contributed by atoms with Gasteiger partial charge in [-0.25, -0.2) is 9.78 Å². The molecule has 0 amide bonds. The van der Waals surface area contributed by atoms with Crippen LogP contribution in [-0.4, -0.2) is 48.0 Å². The minimum atomic E-state index is -1.56. The number of ether oxygens (including phenoxy) is 1. The lowest BCUT2D eigenvalue weighted by Crippen LogP contribution is -2.26. The lowest BCUT2D eigenvalue weighted by atomic mass is 10.1. The maximum absolute atomic E-state index is 13.1. The average Bonchev–Trinajstić information content (AvgIpc) is 3.21. The van der Waals surface area contributed by atoms with Crippen molar-refractivity contribution in [2.45, 2.75) is 38.6 Å². The number of imidazole rings is 1. The summed E-state index contributed by atoms with van der Waals surface area (Å²) < 4.78 is 19.6. The van der Waals surface area contributed by atoms with Crippen molar-refractivity contribution < 1.29 is 9.29 Å². The number of hydrogen-bond donors (Lipinski definition) is 2. The Hall–Kier alpha value is -2.52. The van der Waals surface area contributed by atoms with Gasteiger partial charge in [0.15, 0.2) is 5.65 Å². The van der Waals surface area contributed by atoms with E-state index in [1.165, 1.54) is 5.56 Å². The molecule has 0 saturated carbocycles. The highest BCUT2D eigenvalue weighted by Gasteiger charge is 2.27. The van der Waals surface area contributed by atoms with Gasteiger partial charge in [-0.1, -0.05) is 0 Å². The number of nitrogens with zero attached hydrogens (tertiary/aromatic N) is 4. The number of rotatable bonds is 3. The number of anilines is 2. The molecule has 166 valence electrons. The molecule has 4 heterocycles. The molecule has 9 heteroatoms. The van der Waals surface area contributed by atoms with Gasteiger partial charge >= 0.3 is 5.69 Å². The Morgan fingerprint density at radius 2 is 2.13 bits per heavy atom. The molecule has 0 aliphatic carbocycles. The molecule has 1 saturated heterocycles. The Morgan fingerprint density at radius 3 is 2.97 bits per heavy atom. The highest BCUT2D eigenvalue weighted by Crippen LogP contribution is 2.45. The van der Waals surface area contributed by atoms with Crippen LogP contribution in [0.1, 0.15) is 36.4 Å². The molecule has 31 heavy (non-hydrogen) atoms. The third kappa shape index (κ3) is 3.70. The first-order valence-electron chi connectivity index (χ1n) is 10.8. The zero-order valence-corrected chi connectivity index (χ0v) is 19.0. The third-order valence-corrected chi connectivity index (χ3v) is 8.78. The highest BCUT2D eigenvalue weighted by molar-refractivity contribution is 8.28. The number of aromatic nitrogens is 4. The Balaban J connectivity index is 1.52. The predicted molar refractivity (Wildman–Crippen MR) is 125 cm³/mol. The summed E-state index contributed by atoms with van der Waals surface area (Å²) in [7, 11) is 0.209. The summed E-state index contributed by atoms with van der Waals surface area (Å²) >= 11 is 0. The largest absolute Gasteiger partial charge is 0.493 e. The van der Waals surface area contributed by atoms with Crippen LogP contribution >= 0.6 is 10.3 Å². The van der Waals surface area contributed by atoms with E-state index in [9.17, 15) is 9.35 Å². The van der Waals surface area contributed by atoms with Crippen LogP contribution in [0.25, 0.3) is 11.2 Å². The van der Waals surface area contributed by atoms with Crippen molar-refractivity contribution in [1.82, 2.24) is 19.1 Å². The molecule has 1 aromatic carbocycles. The first-order valence-corrected chi connectivity index (χ1v) is 13.1. The monoisotopic (exact) mass is 443 g/mol. The fraction of sp³-hybridized carbons (Fsp3) is 0.500. The van der Waals surface area contributed by atoms with Crippen LogP contribution in [0, 0.1) is 6.92 Å². The van der Waals surface area contributed by atoms with Crippen LogP contribution < -0.4 is 15.7 Å². The fourth-order valence-corrected chi connectivity index (χ4v) is 6.40. The Morgan fingerprint density at radius 1 is 1.29 bits per heavy atom. The van der Waals surface area contributed by atoms with Crippen molar-refractivity contribution in [2.24, 2.45) is 7.05 Å². The van der Waals surface area contributed by atoms with Crippen LogP contribution in [0.2, 0.25) is 0 Å². The van der Waals surface area contributed by atoms with E-state index in [2.05, 4.69) is 16.4 Å². The van der Waals surface area contributed by atoms with Gasteiger partial charge in [-0.05, 0) is 61.5 Å². The van der Waals surface area contributed by atoms with E-state index in [4.69, 9.17) is 9.72 Å². The summed E-state index contributed by atoms with van der Waals surface area (Å²) in [6.45, 7) is 2.74. The van der Waals surface area contributed by atoms with Crippen LogP contribution in [-0.2, 0) is 13.5 Å². The molecular weight excluding hydrogens is 414 g/mol. The van der Waals surface area contributed by atoms with Crippen LogP contribution in [0.15, 0.2) is 23.1 Å². The summed E-state index contributed by atoms with van der Waals surface area (Å²) in [6, 6.07) is 4.18. The second kappa shape index (κ2) is 7.56. The van der Waals surface area contributed by atoms with Crippen molar-refractivity contribution in [3.05, 3.63) is 39.9 Å². The summed E-state index contributed by atoms with van der Waals surface area (Å²) in [5.41, 5.74) is 4.48. The maximum atomic E-state index is 13.1. The molecule has 0 spiro atoms. The summed E-state index contributed by atoms with van der Waals surface area (Å²) in [5, 5.41) is 3.34. The standard InChI is InChI=1S/C22H29N5O3S/c1-14-11-19-15(6-8-30-19)12-17(14)24-21-23-13-18-20(25-21)27(22(28)26(18)2)16-5-4-9-31(3,29)10-7-16/h11-13,16,29H,4-10H2,1-3H3,(H,23,24,25). The Kier molecular flexibility index (Phi) is 4.97. The van der Waals surface area contributed by atoms with Crippen molar-refractivity contribution in [1.29, 1.82) is 0 Å². The van der Waals surface area contributed by atoms with Gasteiger partial charge in [0.05, 0.1) is 12.8 Å². The Labute approximate surface area is 182 Å². The first-order chi connectivity index (χ1) is 14.8. The van der Waals surface area contributed by atoms with E-state index in [0.29, 0.717) is 18.2 Å². The normalized spacial score (nSPS) is 25.5. The lowest BCUT2D eigenvalue weighted by Gasteiger charge is -2.27. The molecule has 1 fully saturated rings. The zero-order valence-electron chi connectivity index (χ0n) is 18.2. The van der Waals surface area contributed by atoms with Gasteiger partial charge in [0.1, 0.15) is 11.3 Å². The number of nitrogens with one attached hydrogen (secondary N) is 1. The van der Waals surface area contributed by atoms with Crippen LogP contribution in [0.3, 0.4) is 0 Å². The molecule has 3 aromatic rings.